The molecule has 1 aromatic rings. The Balaban J connectivity index is 3.00. The summed E-state index contributed by atoms with van der Waals surface area (Å²) in [5.41, 5.74) is 5.67. The smallest absolute Gasteiger partial charge is 0.305 e. The van der Waals surface area contributed by atoms with Gasteiger partial charge in [-0.1, -0.05) is 11.6 Å². The van der Waals surface area contributed by atoms with Gasteiger partial charge in [-0.15, -0.1) is 0 Å². The van der Waals surface area contributed by atoms with Crippen molar-refractivity contribution in [2.75, 3.05) is 0 Å². The number of aliphatic carboxylic acids is 1. The van der Waals surface area contributed by atoms with Crippen LogP contribution in [0.25, 0.3) is 0 Å². The summed E-state index contributed by atoms with van der Waals surface area (Å²) in [5, 5.41) is 17.3. The molecule has 1 atom stereocenters. The predicted molar refractivity (Wildman–Crippen MR) is 52.3 cm³/mol. The SMILES string of the molecule is NC(CC(=O)O)c1cc(O)c(Cl)c(F)c1. The van der Waals surface area contributed by atoms with Gasteiger partial charge >= 0.3 is 5.97 Å². The molecule has 1 aromatic carbocycles. The van der Waals surface area contributed by atoms with E-state index in [1.54, 1.807) is 0 Å². The highest BCUT2D eigenvalue weighted by molar-refractivity contribution is 6.32. The van der Waals surface area contributed by atoms with Crippen molar-refractivity contribution in [1.29, 1.82) is 0 Å². The molecule has 0 spiro atoms. The highest BCUT2D eigenvalue weighted by Crippen LogP contribution is 2.30. The zero-order chi connectivity index (χ0) is 11.6. The van der Waals surface area contributed by atoms with Gasteiger partial charge in [0.25, 0.3) is 0 Å². The number of phenolic OH excluding ortho intramolecular Hbond substituents is 1. The molecule has 4 N–H and O–H groups in total. The highest BCUT2D eigenvalue weighted by atomic mass is 35.5. The lowest BCUT2D eigenvalue weighted by Crippen LogP contribution is -2.15. The first-order chi connectivity index (χ1) is 6.91. The van der Waals surface area contributed by atoms with Crippen LogP contribution in [-0.2, 0) is 4.79 Å². The Morgan fingerprint density at radius 3 is 2.67 bits per heavy atom. The van der Waals surface area contributed by atoms with Gasteiger partial charge in [0.2, 0.25) is 0 Å². The largest absolute Gasteiger partial charge is 0.506 e. The van der Waals surface area contributed by atoms with Crippen LogP contribution < -0.4 is 5.73 Å². The monoisotopic (exact) mass is 233 g/mol. The second kappa shape index (κ2) is 4.46. The van der Waals surface area contributed by atoms with Crippen molar-refractivity contribution in [3.63, 3.8) is 0 Å². The molecular formula is C9H9ClFNO3. The Kier molecular flexibility index (Phi) is 3.49. The Labute approximate surface area is 90.1 Å². The Bertz CT molecular complexity index is 374. The number of carboxylic acid groups (broad SMARTS) is 1. The fraction of sp³-hybridized carbons (Fsp3) is 0.222. The number of phenols is 1. The molecule has 0 saturated carbocycles. The standard InChI is InChI=1S/C9H9ClFNO3/c10-9-5(11)1-4(2-7(9)13)6(12)3-8(14)15/h1-2,6,13H,3,12H2,(H,14,15). The van der Waals surface area contributed by atoms with Gasteiger partial charge in [0.15, 0.2) is 0 Å². The van der Waals surface area contributed by atoms with Crippen molar-refractivity contribution in [3.05, 3.63) is 28.5 Å². The molecule has 1 rings (SSSR count). The zero-order valence-electron chi connectivity index (χ0n) is 7.58. The molecule has 0 fully saturated rings. The summed E-state index contributed by atoms with van der Waals surface area (Å²) in [4.78, 5) is 10.4. The van der Waals surface area contributed by atoms with E-state index in [-0.39, 0.29) is 12.0 Å². The number of hydrogen-bond donors (Lipinski definition) is 3. The summed E-state index contributed by atoms with van der Waals surface area (Å²) in [5.74, 6) is -2.38. The van der Waals surface area contributed by atoms with E-state index in [0.717, 1.165) is 12.1 Å². The average molecular weight is 234 g/mol. The maximum Gasteiger partial charge on any atom is 0.305 e. The number of carbonyl (C=O) groups is 1. The van der Waals surface area contributed by atoms with Crippen LogP contribution in [0.4, 0.5) is 4.39 Å². The van der Waals surface area contributed by atoms with Gasteiger partial charge in [-0.25, -0.2) is 4.39 Å². The number of nitrogens with two attached hydrogens (primary N) is 1. The molecule has 0 saturated heterocycles. The molecule has 0 amide bonds. The van der Waals surface area contributed by atoms with Gasteiger partial charge in [0.05, 0.1) is 6.42 Å². The van der Waals surface area contributed by atoms with Crippen molar-refractivity contribution < 1.29 is 19.4 Å². The van der Waals surface area contributed by atoms with Gasteiger partial charge in [-0.2, -0.15) is 0 Å². The molecule has 4 nitrogen and oxygen atoms in total. The quantitative estimate of drug-likeness (QED) is 0.741. The lowest BCUT2D eigenvalue weighted by Gasteiger charge is -2.10. The fourth-order valence-electron chi connectivity index (χ4n) is 1.11. The number of hydrogen-bond acceptors (Lipinski definition) is 3. The molecule has 82 valence electrons. The molecule has 0 aliphatic carbocycles. The molecule has 0 bridgehead atoms. The summed E-state index contributed by atoms with van der Waals surface area (Å²) in [7, 11) is 0. The third-order valence-electron chi connectivity index (χ3n) is 1.85. The fourth-order valence-corrected chi connectivity index (χ4v) is 1.22. The van der Waals surface area contributed by atoms with E-state index in [4.69, 9.17) is 22.4 Å². The maximum absolute atomic E-state index is 13.0. The van der Waals surface area contributed by atoms with E-state index < -0.39 is 28.6 Å². The second-order valence-electron chi connectivity index (χ2n) is 3.04. The zero-order valence-corrected chi connectivity index (χ0v) is 8.33. The molecule has 0 aromatic heterocycles. The van der Waals surface area contributed by atoms with Crippen LogP contribution >= 0.6 is 11.6 Å². The van der Waals surface area contributed by atoms with Crippen LogP contribution in [-0.4, -0.2) is 16.2 Å². The number of benzene rings is 1. The predicted octanol–water partition coefficient (Wildman–Crippen LogP) is 1.66. The van der Waals surface area contributed by atoms with Gasteiger partial charge in [0.1, 0.15) is 16.6 Å². The van der Waals surface area contributed by atoms with Gasteiger partial charge in [-0.3, -0.25) is 4.79 Å². The minimum absolute atomic E-state index is 0.191. The van der Waals surface area contributed by atoms with E-state index in [1.165, 1.54) is 0 Å². The minimum Gasteiger partial charge on any atom is -0.506 e. The highest BCUT2D eigenvalue weighted by Gasteiger charge is 2.15. The van der Waals surface area contributed by atoms with Crippen molar-refractivity contribution in [3.8, 4) is 5.75 Å². The lowest BCUT2D eigenvalue weighted by molar-refractivity contribution is -0.137. The normalized spacial score (nSPS) is 12.5. The van der Waals surface area contributed by atoms with E-state index in [9.17, 15) is 14.3 Å². The van der Waals surface area contributed by atoms with Crippen LogP contribution in [0.3, 0.4) is 0 Å². The molecule has 1 unspecified atom stereocenters. The van der Waals surface area contributed by atoms with Gasteiger partial charge < -0.3 is 15.9 Å². The van der Waals surface area contributed by atoms with Crippen LogP contribution in [0, 0.1) is 5.82 Å². The van der Waals surface area contributed by atoms with E-state index in [0.29, 0.717) is 0 Å². The summed E-state index contributed by atoms with van der Waals surface area (Å²) in [6.07, 6.45) is -0.347. The van der Waals surface area contributed by atoms with Crippen molar-refractivity contribution >= 4 is 17.6 Å². The molecule has 6 heteroatoms. The van der Waals surface area contributed by atoms with Crippen molar-refractivity contribution in [1.82, 2.24) is 0 Å². The summed E-state index contributed by atoms with van der Waals surface area (Å²) in [6.45, 7) is 0. The minimum atomic E-state index is -1.10. The van der Waals surface area contributed by atoms with Crippen LogP contribution in [0.15, 0.2) is 12.1 Å². The van der Waals surface area contributed by atoms with Crippen LogP contribution in [0.1, 0.15) is 18.0 Å². The lowest BCUT2D eigenvalue weighted by atomic mass is 10.0. The van der Waals surface area contributed by atoms with E-state index in [2.05, 4.69) is 0 Å². The maximum atomic E-state index is 13.0. The average Bonchev–Trinajstić information content (AvgIpc) is 2.12. The molecule has 0 radical (unpaired) electrons. The first-order valence-electron chi connectivity index (χ1n) is 4.07. The summed E-state index contributed by atoms with van der Waals surface area (Å²) < 4.78 is 13.0. The Morgan fingerprint density at radius 2 is 2.20 bits per heavy atom. The molecule has 0 heterocycles. The van der Waals surface area contributed by atoms with Crippen LogP contribution in [0.2, 0.25) is 5.02 Å². The second-order valence-corrected chi connectivity index (χ2v) is 3.42. The van der Waals surface area contributed by atoms with E-state index >= 15 is 0 Å². The van der Waals surface area contributed by atoms with Crippen LogP contribution in [0.5, 0.6) is 5.75 Å². The number of rotatable bonds is 3. The first kappa shape index (κ1) is 11.7. The third kappa shape index (κ3) is 2.81. The summed E-state index contributed by atoms with van der Waals surface area (Å²) >= 11 is 5.38. The topological polar surface area (TPSA) is 83.6 Å². The summed E-state index contributed by atoms with van der Waals surface area (Å²) in [6, 6.07) is 1.29. The molecule has 0 aliphatic rings. The third-order valence-corrected chi connectivity index (χ3v) is 2.23. The van der Waals surface area contributed by atoms with Crippen molar-refractivity contribution in [2.45, 2.75) is 12.5 Å². The number of carboxylic acids is 1. The first-order valence-corrected chi connectivity index (χ1v) is 4.45. The number of aromatic hydroxyl groups is 1. The number of halogens is 2. The van der Waals surface area contributed by atoms with Gasteiger partial charge in [-0.05, 0) is 17.7 Å². The van der Waals surface area contributed by atoms with Gasteiger partial charge in [0, 0.05) is 6.04 Å². The van der Waals surface area contributed by atoms with E-state index in [1.807, 2.05) is 0 Å². The Hall–Kier alpha value is -1.33. The van der Waals surface area contributed by atoms with Crippen molar-refractivity contribution in [2.24, 2.45) is 5.73 Å². The molecular weight excluding hydrogens is 225 g/mol. The molecule has 15 heavy (non-hydrogen) atoms. The molecule has 0 aliphatic heterocycles. The Morgan fingerprint density at radius 1 is 1.60 bits per heavy atom.